The number of nitrogen functional groups attached to an aromatic ring is 1. The van der Waals surface area contributed by atoms with Crippen molar-refractivity contribution in [3.8, 4) is 0 Å². The summed E-state index contributed by atoms with van der Waals surface area (Å²) in [6, 6.07) is 1.68. The number of rotatable bonds is 6. The molecule has 0 spiro atoms. The Morgan fingerprint density at radius 2 is 1.93 bits per heavy atom. The molecule has 4 heterocycles. The number of anilines is 2. The quantitative estimate of drug-likeness (QED) is 0.384. The van der Waals surface area contributed by atoms with Gasteiger partial charge in [-0.25, -0.2) is 19.7 Å². The number of thiophene rings is 1. The number of ether oxygens (including phenoxy) is 2. The highest BCUT2D eigenvalue weighted by molar-refractivity contribution is 7.21. The lowest BCUT2D eigenvalue weighted by Crippen LogP contribution is -2.46. The van der Waals surface area contributed by atoms with Gasteiger partial charge in [-0.05, 0) is 84.9 Å². The molecule has 3 aromatic heterocycles. The first-order valence-corrected chi connectivity index (χ1v) is 15.3. The van der Waals surface area contributed by atoms with Crippen molar-refractivity contribution in [3.05, 3.63) is 39.7 Å². The third-order valence-electron chi connectivity index (χ3n) is 7.40. The van der Waals surface area contributed by atoms with Gasteiger partial charge in [-0.1, -0.05) is 0 Å². The van der Waals surface area contributed by atoms with Crippen LogP contribution in [0.5, 0.6) is 0 Å². The predicted octanol–water partition coefficient (Wildman–Crippen LogP) is 4.08. The average molecular weight is 596 g/mol. The number of aromatic nitrogens is 3. The fourth-order valence-corrected chi connectivity index (χ4v) is 6.80. The minimum Gasteiger partial charge on any atom is -0.444 e. The van der Waals surface area contributed by atoms with Gasteiger partial charge in [-0.15, -0.1) is 11.3 Å². The number of nitrogens with zero attached hydrogens (tertiary/aromatic N) is 4. The topological polar surface area (TPSA) is 145 Å². The number of pyridine rings is 1. The average Bonchev–Trinajstić information content (AvgIpc) is 3.42. The first kappa shape index (κ1) is 30.0. The zero-order valence-electron chi connectivity index (χ0n) is 25.4. The van der Waals surface area contributed by atoms with Crippen molar-refractivity contribution < 1.29 is 19.1 Å². The van der Waals surface area contributed by atoms with Gasteiger partial charge < -0.3 is 30.7 Å². The summed E-state index contributed by atoms with van der Waals surface area (Å²) in [5, 5.41) is 7.01. The summed E-state index contributed by atoms with van der Waals surface area (Å²) in [7, 11) is 0. The Hall–Kier alpha value is -3.51. The Labute approximate surface area is 250 Å². The molecule has 3 atom stereocenters. The monoisotopic (exact) mass is 595 g/mol. The number of nitrogens with one attached hydrogen (secondary N) is 2. The van der Waals surface area contributed by atoms with Gasteiger partial charge in [0, 0.05) is 42.1 Å². The van der Waals surface area contributed by atoms with Gasteiger partial charge in [0.25, 0.3) is 5.91 Å². The second kappa shape index (κ2) is 11.6. The number of carbonyl (C=O) groups is 2. The molecule has 11 nitrogen and oxygen atoms in total. The molecule has 2 aliphatic rings. The SMILES string of the molecule is Cc1cc(C)c2c(N)c(C(=O)NC3CCc4nc(N5CC(NC(=O)OC(C)(C)C)C(OC(C)C)C5)ncc4C3)sc2n1. The van der Waals surface area contributed by atoms with Crippen LogP contribution in [0.3, 0.4) is 0 Å². The van der Waals surface area contributed by atoms with E-state index in [1.807, 2.05) is 65.6 Å². The maximum Gasteiger partial charge on any atom is 0.408 e. The molecule has 1 fully saturated rings. The van der Waals surface area contributed by atoms with Crippen molar-refractivity contribution in [1.29, 1.82) is 0 Å². The smallest absolute Gasteiger partial charge is 0.408 e. The zero-order valence-corrected chi connectivity index (χ0v) is 26.2. The fourth-order valence-electron chi connectivity index (χ4n) is 5.68. The van der Waals surface area contributed by atoms with Gasteiger partial charge in [-0.2, -0.15) is 0 Å². The summed E-state index contributed by atoms with van der Waals surface area (Å²) in [4.78, 5) is 43.2. The normalized spacial score (nSPS) is 20.6. The molecule has 0 aromatic carbocycles. The summed E-state index contributed by atoms with van der Waals surface area (Å²) in [5.74, 6) is 0.439. The van der Waals surface area contributed by atoms with Crippen LogP contribution in [0.25, 0.3) is 10.2 Å². The molecule has 42 heavy (non-hydrogen) atoms. The van der Waals surface area contributed by atoms with Gasteiger partial charge in [0.1, 0.15) is 15.3 Å². The van der Waals surface area contributed by atoms with Crippen LogP contribution in [-0.2, 0) is 22.3 Å². The number of alkyl carbamates (subject to hydrolysis) is 1. The predicted molar refractivity (Wildman–Crippen MR) is 164 cm³/mol. The van der Waals surface area contributed by atoms with E-state index in [0.717, 1.165) is 45.6 Å². The number of amides is 2. The lowest BCUT2D eigenvalue weighted by Gasteiger charge is -2.26. The van der Waals surface area contributed by atoms with Gasteiger partial charge >= 0.3 is 6.09 Å². The van der Waals surface area contributed by atoms with E-state index >= 15 is 0 Å². The van der Waals surface area contributed by atoms with Crippen molar-refractivity contribution in [2.75, 3.05) is 23.7 Å². The van der Waals surface area contributed by atoms with Crippen molar-refractivity contribution >= 4 is 45.2 Å². The van der Waals surface area contributed by atoms with Crippen LogP contribution in [0.1, 0.15) is 73.2 Å². The van der Waals surface area contributed by atoms with Gasteiger partial charge in [-0.3, -0.25) is 4.79 Å². The summed E-state index contributed by atoms with van der Waals surface area (Å²) in [5.41, 5.74) is 10.2. The van der Waals surface area contributed by atoms with Crippen molar-refractivity contribution in [1.82, 2.24) is 25.6 Å². The van der Waals surface area contributed by atoms with E-state index in [0.29, 0.717) is 36.0 Å². The molecule has 12 heteroatoms. The Bertz CT molecular complexity index is 1500. The molecular weight excluding hydrogens is 554 g/mol. The highest BCUT2D eigenvalue weighted by Gasteiger charge is 2.38. The molecule has 1 saturated heterocycles. The van der Waals surface area contributed by atoms with Crippen LogP contribution < -0.4 is 21.3 Å². The van der Waals surface area contributed by atoms with Crippen LogP contribution in [0.4, 0.5) is 16.4 Å². The molecular formula is C30H41N7O4S. The number of hydrogen-bond acceptors (Lipinski definition) is 10. The minimum atomic E-state index is -0.588. The summed E-state index contributed by atoms with van der Waals surface area (Å²) in [6.07, 6.45) is 3.29. The molecule has 0 saturated carbocycles. The van der Waals surface area contributed by atoms with Gasteiger partial charge in [0.2, 0.25) is 5.95 Å². The van der Waals surface area contributed by atoms with Crippen molar-refractivity contribution in [3.63, 3.8) is 0 Å². The maximum atomic E-state index is 13.2. The first-order valence-electron chi connectivity index (χ1n) is 14.5. The van der Waals surface area contributed by atoms with Crippen molar-refractivity contribution in [2.45, 2.75) is 97.6 Å². The molecule has 5 rings (SSSR count). The number of aryl methyl sites for hydroxylation is 3. The number of carbonyl (C=O) groups excluding carboxylic acids is 2. The summed E-state index contributed by atoms with van der Waals surface area (Å²) < 4.78 is 11.6. The summed E-state index contributed by atoms with van der Waals surface area (Å²) in [6.45, 7) is 14.5. The molecule has 3 aromatic rings. The van der Waals surface area contributed by atoms with E-state index in [9.17, 15) is 9.59 Å². The maximum absolute atomic E-state index is 13.2. The molecule has 3 unspecified atom stereocenters. The lowest BCUT2D eigenvalue weighted by atomic mass is 9.93. The highest BCUT2D eigenvalue weighted by Crippen LogP contribution is 2.35. The molecule has 4 N–H and O–H groups in total. The Morgan fingerprint density at radius 3 is 2.64 bits per heavy atom. The number of nitrogens with two attached hydrogens (primary N) is 1. The molecule has 226 valence electrons. The van der Waals surface area contributed by atoms with Crippen LogP contribution in [0.2, 0.25) is 0 Å². The molecule has 1 aliphatic carbocycles. The van der Waals surface area contributed by atoms with Crippen LogP contribution in [-0.4, -0.2) is 69.9 Å². The third-order valence-corrected chi connectivity index (χ3v) is 8.50. The second-order valence-electron chi connectivity index (χ2n) is 12.5. The third kappa shape index (κ3) is 6.59. The zero-order chi connectivity index (χ0) is 30.3. The fraction of sp³-hybridized carbons (Fsp3) is 0.567. The molecule has 0 radical (unpaired) electrons. The van der Waals surface area contributed by atoms with Crippen LogP contribution in [0.15, 0.2) is 12.3 Å². The standard InChI is InChI=1S/C30H41N7O4S/c1-15(2)40-22-14-37(13-21(22)36-29(39)41-30(5,6)7)28-32-12-18-11-19(8-9-20(18)35-28)34-26(38)25-24(31)23-16(3)10-17(4)33-27(23)42-25/h10,12,15,19,21-22H,8-9,11,13-14,31H2,1-7H3,(H,34,38)(H,36,39). The number of hydrogen-bond donors (Lipinski definition) is 3. The lowest BCUT2D eigenvalue weighted by molar-refractivity contribution is 0.000666. The molecule has 0 bridgehead atoms. The van der Waals surface area contributed by atoms with E-state index in [1.165, 1.54) is 11.3 Å². The highest BCUT2D eigenvalue weighted by atomic mass is 32.1. The van der Waals surface area contributed by atoms with Gasteiger partial charge in [0.15, 0.2) is 0 Å². The minimum absolute atomic E-state index is 0.00166. The summed E-state index contributed by atoms with van der Waals surface area (Å²) >= 11 is 1.34. The van der Waals surface area contributed by atoms with Crippen LogP contribution >= 0.6 is 11.3 Å². The number of fused-ring (bicyclic) bond motifs is 2. The van der Waals surface area contributed by atoms with E-state index in [2.05, 4.69) is 20.6 Å². The van der Waals surface area contributed by atoms with Gasteiger partial charge in [0.05, 0.1) is 23.9 Å². The van der Waals surface area contributed by atoms with E-state index in [1.54, 1.807) is 0 Å². The largest absolute Gasteiger partial charge is 0.444 e. The molecule has 1 aliphatic heterocycles. The van der Waals surface area contributed by atoms with Crippen LogP contribution in [0, 0.1) is 13.8 Å². The van der Waals surface area contributed by atoms with E-state index < -0.39 is 11.7 Å². The second-order valence-corrected chi connectivity index (χ2v) is 13.5. The Morgan fingerprint density at radius 1 is 1.17 bits per heavy atom. The first-order chi connectivity index (χ1) is 19.8. The Balaban J connectivity index is 1.25. The molecule has 2 amide bonds. The van der Waals surface area contributed by atoms with Crippen molar-refractivity contribution in [2.24, 2.45) is 0 Å². The van der Waals surface area contributed by atoms with E-state index in [4.69, 9.17) is 20.2 Å². The van der Waals surface area contributed by atoms with E-state index in [-0.39, 0.29) is 30.2 Å². The Kier molecular flexibility index (Phi) is 8.30.